The Kier molecular flexibility index (Phi) is 6.29. The van der Waals surface area contributed by atoms with Crippen LogP contribution in [0.3, 0.4) is 0 Å². The summed E-state index contributed by atoms with van der Waals surface area (Å²) in [5, 5.41) is 13.0. The lowest BCUT2D eigenvalue weighted by Gasteiger charge is -2.11. The molecule has 1 aromatic rings. The standard InChI is InChI=1S/C13H20N2O2/c14-13(17)8-4-5-9-15-10-12(16)11-6-2-1-3-7-11/h1-3,6-7,12,15-16H,4-5,8-10H2,(H2,14,17). The second kappa shape index (κ2) is 7.81. The van der Waals surface area contributed by atoms with E-state index in [4.69, 9.17) is 5.73 Å². The summed E-state index contributed by atoms with van der Waals surface area (Å²) < 4.78 is 0. The Morgan fingerprint density at radius 1 is 1.29 bits per heavy atom. The first-order chi connectivity index (χ1) is 8.20. The van der Waals surface area contributed by atoms with Crippen LogP contribution in [0.25, 0.3) is 0 Å². The Balaban J connectivity index is 2.09. The first-order valence-corrected chi connectivity index (χ1v) is 5.92. The Morgan fingerprint density at radius 2 is 2.00 bits per heavy atom. The van der Waals surface area contributed by atoms with Crippen LogP contribution in [0.15, 0.2) is 30.3 Å². The molecule has 1 aromatic carbocycles. The van der Waals surface area contributed by atoms with E-state index in [1.165, 1.54) is 0 Å². The van der Waals surface area contributed by atoms with Gasteiger partial charge in [0.15, 0.2) is 0 Å². The number of nitrogens with one attached hydrogen (secondary N) is 1. The summed E-state index contributed by atoms with van der Waals surface area (Å²) in [7, 11) is 0. The van der Waals surface area contributed by atoms with Crippen molar-refractivity contribution < 1.29 is 9.90 Å². The number of carbonyl (C=O) groups excluding carboxylic acids is 1. The Labute approximate surface area is 102 Å². The SMILES string of the molecule is NC(=O)CCCCNCC(O)c1ccccc1. The molecule has 1 atom stereocenters. The lowest BCUT2D eigenvalue weighted by atomic mass is 10.1. The fourth-order valence-electron chi connectivity index (χ4n) is 1.58. The van der Waals surface area contributed by atoms with Crippen molar-refractivity contribution in [2.45, 2.75) is 25.4 Å². The molecule has 0 heterocycles. The van der Waals surface area contributed by atoms with Gasteiger partial charge < -0.3 is 16.2 Å². The molecule has 1 rings (SSSR count). The first kappa shape index (κ1) is 13.7. The van der Waals surface area contributed by atoms with Crippen molar-refractivity contribution in [1.29, 1.82) is 0 Å². The normalized spacial score (nSPS) is 12.3. The van der Waals surface area contributed by atoms with Crippen LogP contribution in [0.4, 0.5) is 0 Å². The molecule has 4 nitrogen and oxygen atoms in total. The van der Waals surface area contributed by atoms with E-state index in [1.807, 2.05) is 30.3 Å². The van der Waals surface area contributed by atoms with E-state index in [0.29, 0.717) is 13.0 Å². The van der Waals surface area contributed by atoms with Crippen molar-refractivity contribution in [3.63, 3.8) is 0 Å². The second-order valence-corrected chi connectivity index (χ2v) is 4.05. The molecule has 0 bridgehead atoms. The van der Waals surface area contributed by atoms with Crippen molar-refractivity contribution in [3.05, 3.63) is 35.9 Å². The molecule has 1 amide bonds. The molecule has 0 aliphatic rings. The van der Waals surface area contributed by atoms with Gasteiger partial charge in [-0.3, -0.25) is 4.79 Å². The van der Waals surface area contributed by atoms with E-state index in [1.54, 1.807) is 0 Å². The van der Waals surface area contributed by atoms with E-state index in [0.717, 1.165) is 24.9 Å². The maximum absolute atomic E-state index is 10.5. The maximum atomic E-state index is 10.5. The van der Waals surface area contributed by atoms with Gasteiger partial charge in [-0.25, -0.2) is 0 Å². The molecule has 0 saturated carbocycles. The highest BCUT2D eigenvalue weighted by atomic mass is 16.3. The van der Waals surface area contributed by atoms with Gasteiger partial charge in [-0.05, 0) is 24.9 Å². The van der Waals surface area contributed by atoms with Gasteiger partial charge in [0.05, 0.1) is 6.10 Å². The molecule has 4 N–H and O–H groups in total. The highest BCUT2D eigenvalue weighted by molar-refractivity contribution is 5.73. The van der Waals surface area contributed by atoms with E-state index in [-0.39, 0.29) is 5.91 Å². The summed E-state index contributed by atoms with van der Waals surface area (Å²) in [6.45, 7) is 1.32. The Hall–Kier alpha value is -1.39. The molecular weight excluding hydrogens is 216 g/mol. The van der Waals surface area contributed by atoms with Crippen LogP contribution >= 0.6 is 0 Å². The highest BCUT2D eigenvalue weighted by Gasteiger charge is 2.05. The summed E-state index contributed by atoms with van der Waals surface area (Å²) in [5.74, 6) is -0.255. The van der Waals surface area contributed by atoms with Crippen molar-refractivity contribution in [2.24, 2.45) is 5.73 Å². The third kappa shape index (κ3) is 6.04. The Bertz CT molecular complexity index is 327. The number of hydrogen-bond donors (Lipinski definition) is 3. The molecule has 4 heteroatoms. The summed E-state index contributed by atoms with van der Waals surface area (Å²) >= 11 is 0. The van der Waals surface area contributed by atoms with E-state index in [2.05, 4.69) is 5.32 Å². The van der Waals surface area contributed by atoms with Crippen molar-refractivity contribution in [2.75, 3.05) is 13.1 Å². The van der Waals surface area contributed by atoms with Gasteiger partial charge in [0.25, 0.3) is 0 Å². The molecule has 0 fully saturated rings. The van der Waals surface area contributed by atoms with Gasteiger partial charge in [0.2, 0.25) is 5.91 Å². The Morgan fingerprint density at radius 3 is 2.65 bits per heavy atom. The van der Waals surface area contributed by atoms with Gasteiger partial charge in [-0.1, -0.05) is 30.3 Å². The molecule has 0 aromatic heterocycles. The minimum atomic E-state index is -0.479. The van der Waals surface area contributed by atoms with Gasteiger partial charge in [0, 0.05) is 13.0 Å². The zero-order chi connectivity index (χ0) is 12.5. The lowest BCUT2D eigenvalue weighted by Crippen LogP contribution is -2.22. The number of hydrogen-bond acceptors (Lipinski definition) is 3. The van der Waals surface area contributed by atoms with E-state index < -0.39 is 6.10 Å². The number of nitrogens with two attached hydrogens (primary N) is 1. The predicted octanol–water partition coefficient (Wildman–Crippen LogP) is 0.965. The molecular formula is C13H20N2O2. The number of unbranched alkanes of at least 4 members (excludes halogenated alkanes) is 1. The molecule has 0 aliphatic heterocycles. The monoisotopic (exact) mass is 236 g/mol. The lowest BCUT2D eigenvalue weighted by molar-refractivity contribution is -0.118. The van der Waals surface area contributed by atoms with Crippen molar-refractivity contribution >= 4 is 5.91 Å². The maximum Gasteiger partial charge on any atom is 0.217 e. The molecule has 0 aliphatic carbocycles. The largest absolute Gasteiger partial charge is 0.387 e. The van der Waals surface area contributed by atoms with Gasteiger partial charge >= 0.3 is 0 Å². The average molecular weight is 236 g/mol. The predicted molar refractivity (Wildman–Crippen MR) is 67.3 cm³/mol. The van der Waals surface area contributed by atoms with Crippen LogP contribution in [0.1, 0.15) is 30.9 Å². The number of primary amides is 1. The summed E-state index contributed by atoms with van der Waals surface area (Å²) in [6, 6.07) is 9.54. The second-order valence-electron chi connectivity index (χ2n) is 4.05. The zero-order valence-electron chi connectivity index (χ0n) is 9.93. The molecule has 94 valence electrons. The average Bonchev–Trinajstić information content (AvgIpc) is 2.34. The summed E-state index contributed by atoms with van der Waals surface area (Å²) in [4.78, 5) is 10.5. The topological polar surface area (TPSA) is 75.4 Å². The van der Waals surface area contributed by atoms with Crippen LogP contribution in [0, 0.1) is 0 Å². The molecule has 17 heavy (non-hydrogen) atoms. The minimum Gasteiger partial charge on any atom is -0.387 e. The van der Waals surface area contributed by atoms with Crippen LogP contribution in [-0.4, -0.2) is 24.1 Å². The molecule has 0 radical (unpaired) electrons. The number of aliphatic hydroxyl groups excluding tert-OH is 1. The fraction of sp³-hybridized carbons (Fsp3) is 0.462. The van der Waals surface area contributed by atoms with Gasteiger partial charge in [-0.2, -0.15) is 0 Å². The van der Waals surface area contributed by atoms with Crippen molar-refractivity contribution in [3.8, 4) is 0 Å². The van der Waals surface area contributed by atoms with Crippen LogP contribution in [0.5, 0.6) is 0 Å². The van der Waals surface area contributed by atoms with E-state index in [9.17, 15) is 9.90 Å². The fourth-order valence-corrected chi connectivity index (χ4v) is 1.58. The first-order valence-electron chi connectivity index (χ1n) is 5.92. The number of rotatable bonds is 8. The number of carbonyl (C=O) groups is 1. The third-order valence-corrected chi connectivity index (χ3v) is 2.55. The highest BCUT2D eigenvalue weighted by Crippen LogP contribution is 2.10. The minimum absolute atomic E-state index is 0.255. The number of benzene rings is 1. The van der Waals surface area contributed by atoms with Gasteiger partial charge in [0.1, 0.15) is 0 Å². The smallest absolute Gasteiger partial charge is 0.217 e. The zero-order valence-corrected chi connectivity index (χ0v) is 9.93. The summed E-state index contributed by atoms with van der Waals surface area (Å²) in [5.41, 5.74) is 5.95. The van der Waals surface area contributed by atoms with Crippen molar-refractivity contribution in [1.82, 2.24) is 5.32 Å². The van der Waals surface area contributed by atoms with E-state index >= 15 is 0 Å². The van der Waals surface area contributed by atoms with Gasteiger partial charge in [-0.15, -0.1) is 0 Å². The van der Waals surface area contributed by atoms with Crippen LogP contribution in [-0.2, 0) is 4.79 Å². The third-order valence-electron chi connectivity index (χ3n) is 2.55. The molecule has 1 unspecified atom stereocenters. The quantitative estimate of drug-likeness (QED) is 0.589. The number of amides is 1. The molecule has 0 spiro atoms. The number of aliphatic hydroxyl groups is 1. The summed E-state index contributed by atoms with van der Waals surface area (Å²) in [6.07, 6.45) is 1.64. The molecule has 0 saturated heterocycles. The van der Waals surface area contributed by atoms with Crippen LogP contribution < -0.4 is 11.1 Å². The van der Waals surface area contributed by atoms with Crippen LogP contribution in [0.2, 0.25) is 0 Å².